The molecule has 3 aromatic heterocycles. The first-order valence-electron chi connectivity index (χ1n) is 19.3. The lowest BCUT2D eigenvalue weighted by molar-refractivity contribution is -0.929. The Morgan fingerprint density at radius 1 is 1.02 bits per heavy atom. The molecule has 6 heterocycles. The predicted octanol–water partition coefficient (Wildman–Crippen LogP) is 3.89. The van der Waals surface area contributed by atoms with Crippen LogP contribution in [0.1, 0.15) is 39.5 Å². The third kappa shape index (κ3) is 8.01. The Morgan fingerprint density at radius 3 is 2.39 bits per heavy atom. The van der Waals surface area contributed by atoms with Gasteiger partial charge in [-0.1, -0.05) is 23.7 Å². The van der Waals surface area contributed by atoms with E-state index in [0.717, 1.165) is 30.5 Å². The second kappa shape index (κ2) is 15.8. The topological polar surface area (TPSA) is 183 Å². The zero-order valence-corrected chi connectivity index (χ0v) is 32.8. The summed E-state index contributed by atoms with van der Waals surface area (Å²) in [6.07, 6.45) is -1.23. The van der Waals surface area contributed by atoms with Crippen LogP contribution in [0.2, 0.25) is 5.02 Å². The fourth-order valence-corrected chi connectivity index (χ4v) is 8.73. The summed E-state index contributed by atoms with van der Waals surface area (Å²) in [4.78, 5) is 59.6. The van der Waals surface area contributed by atoms with Crippen molar-refractivity contribution < 1.29 is 41.9 Å². The molecule has 16 nitrogen and oxygen atoms in total. The average molecular weight is 837 g/mol. The molecule has 3 saturated heterocycles. The summed E-state index contributed by atoms with van der Waals surface area (Å²) < 4.78 is 45.6. The number of anilines is 1. The first kappa shape index (κ1) is 40.0. The number of piperidine rings is 1. The van der Waals surface area contributed by atoms with Crippen LogP contribution < -0.4 is 10.6 Å². The van der Waals surface area contributed by atoms with Crippen LogP contribution in [0, 0.1) is 11.8 Å². The number of alkyl halides is 3. The second-order valence-corrected chi connectivity index (χ2v) is 15.9. The van der Waals surface area contributed by atoms with Gasteiger partial charge in [0.15, 0.2) is 23.9 Å². The van der Waals surface area contributed by atoms with Gasteiger partial charge in [-0.15, -0.1) is 0 Å². The predicted molar refractivity (Wildman–Crippen MR) is 209 cm³/mol. The zero-order chi connectivity index (χ0) is 41.6. The SMILES string of the molecule is Cn1c(-c2cn(-c3n[nH]c4ccccc34)nc2C(F)(F)F)cnc1C(=O)Nc1ccc(C(=O)N2CCN(C(=O)C3CC[N+](CC(=O)O)(CC4CNC4)CC3)CC2)c(Cl)c1. The van der Waals surface area contributed by atoms with E-state index >= 15 is 0 Å². The van der Waals surface area contributed by atoms with E-state index in [4.69, 9.17) is 11.6 Å². The van der Waals surface area contributed by atoms with Gasteiger partial charge in [0, 0.05) is 88.3 Å². The number of hydrogen-bond acceptors (Lipinski definition) is 8. The van der Waals surface area contributed by atoms with Crippen molar-refractivity contribution in [3.05, 3.63) is 77.0 Å². The number of benzene rings is 2. The van der Waals surface area contributed by atoms with E-state index in [2.05, 4.69) is 30.9 Å². The summed E-state index contributed by atoms with van der Waals surface area (Å²) in [5, 5.41) is 26.9. The number of carbonyl (C=O) groups is 4. The Bertz CT molecular complexity index is 2430. The maximum absolute atomic E-state index is 14.3. The lowest BCUT2D eigenvalue weighted by atomic mass is 9.90. The third-order valence-corrected chi connectivity index (χ3v) is 12.0. The van der Waals surface area contributed by atoms with Crippen LogP contribution in [0.5, 0.6) is 0 Å². The molecule has 3 aliphatic heterocycles. The number of piperazine rings is 1. The van der Waals surface area contributed by atoms with Gasteiger partial charge in [0.05, 0.1) is 53.2 Å². The van der Waals surface area contributed by atoms with Crippen LogP contribution in [0.15, 0.2) is 54.9 Å². The average Bonchev–Trinajstić information content (AvgIpc) is 3.93. The van der Waals surface area contributed by atoms with Crippen molar-refractivity contribution in [1.29, 1.82) is 0 Å². The van der Waals surface area contributed by atoms with Gasteiger partial charge in [0.25, 0.3) is 11.8 Å². The highest BCUT2D eigenvalue weighted by atomic mass is 35.5. The lowest BCUT2D eigenvalue weighted by Crippen LogP contribution is -2.62. The second-order valence-electron chi connectivity index (χ2n) is 15.5. The molecule has 20 heteroatoms. The van der Waals surface area contributed by atoms with Crippen LogP contribution in [0.25, 0.3) is 28.0 Å². The molecule has 3 amide bonds. The molecular weight excluding hydrogens is 795 g/mol. The van der Waals surface area contributed by atoms with Gasteiger partial charge in [-0.25, -0.2) is 14.5 Å². The molecule has 59 heavy (non-hydrogen) atoms. The minimum atomic E-state index is -4.83. The molecule has 2 aromatic carbocycles. The van der Waals surface area contributed by atoms with Crippen molar-refractivity contribution >= 4 is 51.9 Å². The van der Waals surface area contributed by atoms with Crippen molar-refractivity contribution in [1.82, 2.24) is 44.6 Å². The molecule has 8 rings (SSSR count). The summed E-state index contributed by atoms with van der Waals surface area (Å²) in [6, 6.07) is 11.3. The highest BCUT2D eigenvalue weighted by molar-refractivity contribution is 6.34. The molecule has 0 spiro atoms. The number of nitrogens with one attached hydrogen (secondary N) is 3. The maximum atomic E-state index is 14.3. The number of amides is 3. The Labute approximate surface area is 340 Å². The minimum absolute atomic E-state index is 0.0118. The largest absolute Gasteiger partial charge is 0.477 e. The Kier molecular flexibility index (Phi) is 10.7. The Morgan fingerprint density at radius 2 is 1.73 bits per heavy atom. The number of carboxylic acid groups (broad SMARTS) is 1. The number of carbonyl (C=O) groups excluding carboxylic acids is 3. The first-order chi connectivity index (χ1) is 28.2. The standard InChI is InChI=1S/C39H41ClF3N11O5/c1-50-31(28-20-53(49-33(28)39(41,42)43)34-27-4-2-3-5-30(27)47-48-34)19-45-35(50)36(57)46-25-6-7-26(29(40)16-25)38(59)52-12-10-51(11-13-52)37(58)24-8-14-54(15-9-24,22-32(55)56)21-23-17-44-18-23/h2-7,16,19-20,23-24,44H,8-15,17-18,21-22H2,1H3,(H2-,46,47,48,55,56,57,59)/p+1. The summed E-state index contributed by atoms with van der Waals surface area (Å²) >= 11 is 6.56. The fourth-order valence-electron chi connectivity index (χ4n) is 8.47. The van der Waals surface area contributed by atoms with Gasteiger partial charge in [-0.3, -0.25) is 19.5 Å². The number of H-pyrrole nitrogens is 1. The monoisotopic (exact) mass is 836 g/mol. The van der Waals surface area contributed by atoms with E-state index in [-0.39, 0.29) is 63.5 Å². The number of aromatic nitrogens is 6. The van der Waals surface area contributed by atoms with Crippen molar-refractivity contribution in [2.45, 2.75) is 19.0 Å². The molecule has 5 aromatic rings. The fraction of sp³-hybridized carbons (Fsp3) is 0.410. The van der Waals surface area contributed by atoms with Gasteiger partial charge >= 0.3 is 12.1 Å². The number of carboxylic acids is 1. The number of quaternary nitrogens is 1. The van der Waals surface area contributed by atoms with E-state index in [1.165, 1.54) is 36.0 Å². The molecule has 0 saturated carbocycles. The molecule has 4 N–H and O–H groups in total. The van der Waals surface area contributed by atoms with Gasteiger partial charge in [0.2, 0.25) is 5.91 Å². The molecule has 0 atom stereocenters. The Hall–Kier alpha value is -5.79. The minimum Gasteiger partial charge on any atom is -0.477 e. The van der Waals surface area contributed by atoms with Crippen LogP contribution in [-0.4, -0.2) is 138 Å². The number of para-hydroxylation sites is 1. The van der Waals surface area contributed by atoms with Gasteiger partial charge in [-0.05, 0) is 30.3 Å². The Balaban J connectivity index is 0.887. The quantitative estimate of drug-likeness (QED) is 0.152. The smallest absolute Gasteiger partial charge is 0.435 e. The van der Waals surface area contributed by atoms with E-state index in [1.807, 2.05) is 0 Å². The van der Waals surface area contributed by atoms with E-state index < -0.39 is 23.7 Å². The number of aromatic amines is 1. The highest BCUT2D eigenvalue weighted by Crippen LogP contribution is 2.37. The molecule has 3 aliphatic rings. The van der Waals surface area contributed by atoms with Crippen molar-refractivity contribution in [2.75, 3.05) is 70.8 Å². The summed E-state index contributed by atoms with van der Waals surface area (Å²) in [6.45, 7) is 5.26. The van der Waals surface area contributed by atoms with E-state index in [1.54, 1.807) is 34.1 Å². The molecule has 3 fully saturated rings. The maximum Gasteiger partial charge on any atom is 0.435 e. The van der Waals surface area contributed by atoms with Crippen LogP contribution in [0.3, 0.4) is 0 Å². The normalized spacial score (nSPS) is 20.1. The van der Waals surface area contributed by atoms with Crippen LogP contribution in [-0.2, 0) is 22.8 Å². The van der Waals surface area contributed by atoms with Gasteiger partial charge in [-0.2, -0.15) is 23.4 Å². The third-order valence-electron chi connectivity index (χ3n) is 11.7. The zero-order valence-electron chi connectivity index (χ0n) is 32.0. The lowest BCUT2D eigenvalue weighted by Gasteiger charge is -2.46. The van der Waals surface area contributed by atoms with Crippen molar-refractivity contribution in [3.63, 3.8) is 0 Å². The molecule has 0 unspecified atom stereocenters. The number of fused-ring (bicyclic) bond motifs is 1. The highest BCUT2D eigenvalue weighted by Gasteiger charge is 2.43. The van der Waals surface area contributed by atoms with Gasteiger partial charge in [0.1, 0.15) is 0 Å². The van der Waals surface area contributed by atoms with Crippen LogP contribution >= 0.6 is 11.6 Å². The summed E-state index contributed by atoms with van der Waals surface area (Å²) in [5.74, 6) is -1.60. The van der Waals surface area contributed by atoms with Gasteiger partial charge < -0.3 is 34.6 Å². The summed E-state index contributed by atoms with van der Waals surface area (Å²) in [5.41, 5.74) is -0.448. The van der Waals surface area contributed by atoms with Crippen molar-refractivity contribution in [3.8, 4) is 17.1 Å². The number of nitrogens with zero attached hydrogens (tertiary/aromatic N) is 8. The number of halogens is 4. The van der Waals surface area contributed by atoms with Crippen molar-refractivity contribution in [2.24, 2.45) is 18.9 Å². The number of imidazole rings is 1. The van der Waals surface area contributed by atoms with Crippen LogP contribution in [0.4, 0.5) is 18.9 Å². The molecule has 310 valence electrons. The molecule has 0 aliphatic carbocycles. The number of hydrogen-bond donors (Lipinski definition) is 4. The molecule has 0 bridgehead atoms. The summed E-state index contributed by atoms with van der Waals surface area (Å²) in [7, 11) is 1.41. The molecule has 0 radical (unpaired) electrons. The van der Waals surface area contributed by atoms with E-state index in [0.29, 0.717) is 73.4 Å². The first-order valence-corrected chi connectivity index (χ1v) is 19.7. The number of aliphatic carboxylic acids is 1. The number of likely N-dealkylation sites (tertiary alicyclic amines) is 1. The van der Waals surface area contributed by atoms with E-state index in [9.17, 15) is 37.5 Å². The molecular formula is C39H42ClF3N11O5+. The number of rotatable bonds is 10.